The summed E-state index contributed by atoms with van der Waals surface area (Å²) in [4.78, 5) is 10.9. The lowest BCUT2D eigenvalue weighted by atomic mass is 9.88. The summed E-state index contributed by atoms with van der Waals surface area (Å²) in [6.45, 7) is 8.39. The summed E-state index contributed by atoms with van der Waals surface area (Å²) in [6.07, 6.45) is 0. The minimum atomic E-state index is -0.948. The molecule has 17 heavy (non-hydrogen) atoms. The highest BCUT2D eigenvalue weighted by molar-refractivity contribution is 5.90. The lowest BCUT2D eigenvalue weighted by Crippen LogP contribution is -2.31. The molecule has 0 aliphatic rings. The first-order valence-electron chi connectivity index (χ1n) is 5.61. The van der Waals surface area contributed by atoms with E-state index in [-0.39, 0.29) is 17.0 Å². The van der Waals surface area contributed by atoms with E-state index in [4.69, 9.17) is 10.8 Å². The molecule has 1 aromatic carbocycles. The van der Waals surface area contributed by atoms with E-state index in [1.165, 1.54) is 6.07 Å². The fourth-order valence-corrected chi connectivity index (χ4v) is 1.26. The van der Waals surface area contributed by atoms with Gasteiger partial charge in [0.15, 0.2) is 0 Å². The van der Waals surface area contributed by atoms with Crippen molar-refractivity contribution < 1.29 is 9.90 Å². The molecule has 0 bridgehead atoms. The number of hydrogen-bond donors (Lipinski definition) is 3. The Balaban J connectivity index is 2.98. The van der Waals surface area contributed by atoms with Gasteiger partial charge in [-0.25, -0.2) is 4.79 Å². The number of aromatic carboxylic acids is 1. The first-order chi connectivity index (χ1) is 7.71. The average molecular weight is 236 g/mol. The second kappa shape index (κ2) is 4.65. The maximum absolute atomic E-state index is 10.9. The van der Waals surface area contributed by atoms with Crippen LogP contribution in [-0.4, -0.2) is 17.1 Å². The maximum Gasteiger partial charge on any atom is 0.335 e. The van der Waals surface area contributed by atoms with Crippen LogP contribution in [0, 0.1) is 5.41 Å². The first-order valence-corrected chi connectivity index (χ1v) is 5.61. The van der Waals surface area contributed by atoms with Gasteiger partial charge in [0.1, 0.15) is 0 Å². The van der Waals surface area contributed by atoms with Gasteiger partial charge in [-0.3, -0.25) is 0 Å². The van der Waals surface area contributed by atoms with Crippen LogP contribution in [0.5, 0.6) is 0 Å². The van der Waals surface area contributed by atoms with E-state index in [2.05, 4.69) is 26.1 Å². The number of nitrogens with one attached hydrogen (secondary N) is 1. The van der Waals surface area contributed by atoms with Crippen molar-refractivity contribution in [1.29, 1.82) is 0 Å². The number of nitrogens with two attached hydrogens (primary N) is 1. The molecular formula is C13H20N2O2. The Kier molecular flexibility index (Phi) is 3.66. The van der Waals surface area contributed by atoms with Gasteiger partial charge in [-0.05, 0) is 30.5 Å². The fraction of sp³-hybridized carbons (Fsp3) is 0.462. The highest BCUT2D eigenvalue weighted by Gasteiger charge is 2.20. The molecule has 1 rings (SSSR count). The molecule has 1 atom stereocenters. The van der Waals surface area contributed by atoms with Crippen LogP contribution in [0.3, 0.4) is 0 Å². The number of carboxylic acids is 1. The summed E-state index contributed by atoms with van der Waals surface area (Å²) in [5, 5.41) is 12.2. The molecule has 0 aliphatic carbocycles. The molecule has 0 saturated heterocycles. The molecule has 0 aliphatic heterocycles. The van der Waals surface area contributed by atoms with Crippen molar-refractivity contribution in [1.82, 2.24) is 0 Å². The van der Waals surface area contributed by atoms with Crippen LogP contribution in [-0.2, 0) is 0 Å². The van der Waals surface area contributed by atoms with E-state index in [0.29, 0.717) is 11.4 Å². The summed E-state index contributed by atoms with van der Waals surface area (Å²) >= 11 is 0. The minimum absolute atomic E-state index is 0.0751. The quantitative estimate of drug-likeness (QED) is 0.705. The number of carbonyl (C=O) groups is 1. The second-order valence-electron chi connectivity index (χ2n) is 5.34. The van der Waals surface area contributed by atoms with Gasteiger partial charge in [0, 0.05) is 6.04 Å². The highest BCUT2D eigenvalue weighted by atomic mass is 16.4. The molecule has 0 radical (unpaired) electrons. The molecule has 4 N–H and O–H groups in total. The lowest BCUT2D eigenvalue weighted by molar-refractivity contribution is 0.0697. The molecular weight excluding hydrogens is 216 g/mol. The molecule has 4 nitrogen and oxygen atoms in total. The molecule has 94 valence electrons. The van der Waals surface area contributed by atoms with Gasteiger partial charge >= 0.3 is 5.97 Å². The summed E-state index contributed by atoms with van der Waals surface area (Å²) in [5.41, 5.74) is 7.37. The van der Waals surface area contributed by atoms with E-state index in [0.717, 1.165) is 0 Å². The summed E-state index contributed by atoms with van der Waals surface area (Å²) in [6, 6.07) is 4.87. The third kappa shape index (κ3) is 3.37. The molecule has 1 unspecified atom stereocenters. The molecule has 0 amide bonds. The smallest absolute Gasteiger partial charge is 0.335 e. The Hall–Kier alpha value is -1.71. The molecule has 0 heterocycles. The number of anilines is 2. The van der Waals surface area contributed by atoms with Crippen LogP contribution in [0.1, 0.15) is 38.1 Å². The van der Waals surface area contributed by atoms with Gasteiger partial charge in [0.25, 0.3) is 0 Å². The Bertz CT molecular complexity index is 422. The highest BCUT2D eigenvalue weighted by Crippen LogP contribution is 2.26. The van der Waals surface area contributed by atoms with E-state index in [1.807, 2.05) is 6.92 Å². The van der Waals surface area contributed by atoms with E-state index in [1.54, 1.807) is 12.1 Å². The van der Waals surface area contributed by atoms with Gasteiger partial charge in [-0.15, -0.1) is 0 Å². The van der Waals surface area contributed by atoms with Gasteiger partial charge in [-0.2, -0.15) is 0 Å². The zero-order chi connectivity index (χ0) is 13.2. The van der Waals surface area contributed by atoms with Crippen LogP contribution in [0.25, 0.3) is 0 Å². The van der Waals surface area contributed by atoms with E-state index < -0.39 is 5.97 Å². The molecule has 4 heteroatoms. The summed E-state index contributed by atoms with van der Waals surface area (Å²) in [5.74, 6) is -0.948. The molecule has 1 aromatic rings. The SMILES string of the molecule is CC(Nc1cc(C(=O)O)ccc1N)C(C)(C)C. The van der Waals surface area contributed by atoms with Gasteiger partial charge in [-0.1, -0.05) is 20.8 Å². The first kappa shape index (κ1) is 13.4. The Morgan fingerprint density at radius 2 is 2.00 bits per heavy atom. The number of hydrogen-bond acceptors (Lipinski definition) is 3. The van der Waals surface area contributed by atoms with Crippen LogP contribution in [0.2, 0.25) is 0 Å². The third-order valence-corrected chi connectivity index (χ3v) is 2.97. The Morgan fingerprint density at radius 3 is 2.47 bits per heavy atom. The Morgan fingerprint density at radius 1 is 1.41 bits per heavy atom. The fourth-order valence-electron chi connectivity index (χ4n) is 1.26. The second-order valence-corrected chi connectivity index (χ2v) is 5.34. The van der Waals surface area contributed by atoms with Crippen molar-refractivity contribution in [3.63, 3.8) is 0 Å². The average Bonchev–Trinajstić information content (AvgIpc) is 2.19. The lowest BCUT2D eigenvalue weighted by Gasteiger charge is -2.29. The number of nitrogen functional groups attached to an aromatic ring is 1. The summed E-state index contributed by atoms with van der Waals surface area (Å²) < 4.78 is 0. The van der Waals surface area contributed by atoms with Crippen molar-refractivity contribution in [2.75, 3.05) is 11.1 Å². The molecule has 0 aromatic heterocycles. The zero-order valence-electron chi connectivity index (χ0n) is 10.7. The van der Waals surface area contributed by atoms with Crippen LogP contribution < -0.4 is 11.1 Å². The largest absolute Gasteiger partial charge is 0.478 e. The van der Waals surface area contributed by atoms with Crippen LogP contribution >= 0.6 is 0 Å². The minimum Gasteiger partial charge on any atom is -0.478 e. The van der Waals surface area contributed by atoms with Gasteiger partial charge in [0.2, 0.25) is 0 Å². The monoisotopic (exact) mass is 236 g/mol. The third-order valence-electron chi connectivity index (χ3n) is 2.97. The van der Waals surface area contributed by atoms with Crippen molar-refractivity contribution in [3.8, 4) is 0 Å². The Labute approximate surface area is 102 Å². The predicted octanol–water partition coefficient (Wildman–Crippen LogP) is 2.81. The molecule has 0 fully saturated rings. The van der Waals surface area contributed by atoms with Gasteiger partial charge in [0.05, 0.1) is 16.9 Å². The van der Waals surface area contributed by atoms with Gasteiger partial charge < -0.3 is 16.2 Å². The van der Waals surface area contributed by atoms with Crippen molar-refractivity contribution in [2.24, 2.45) is 5.41 Å². The zero-order valence-corrected chi connectivity index (χ0v) is 10.7. The van der Waals surface area contributed by atoms with Crippen molar-refractivity contribution in [3.05, 3.63) is 23.8 Å². The van der Waals surface area contributed by atoms with E-state index in [9.17, 15) is 4.79 Å². The van der Waals surface area contributed by atoms with Crippen molar-refractivity contribution in [2.45, 2.75) is 33.7 Å². The predicted molar refractivity (Wildman–Crippen MR) is 70.4 cm³/mol. The molecule has 0 saturated carbocycles. The maximum atomic E-state index is 10.9. The standard InChI is InChI=1S/C13H20N2O2/c1-8(13(2,3)4)15-11-7-9(12(16)17)5-6-10(11)14/h5-8,15H,14H2,1-4H3,(H,16,17). The molecule has 0 spiro atoms. The van der Waals surface area contributed by atoms with E-state index >= 15 is 0 Å². The topological polar surface area (TPSA) is 75.3 Å². The number of rotatable bonds is 3. The van der Waals surface area contributed by atoms with Crippen molar-refractivity contribution >= 4 is 17.3 Å². The normalized spacial score (nSPS) is 13.2. The van der Waals surface area contributed by atoms with Crippen LogP contribution in [0.4, 0.5) is 11.4 Å². The van der Waals surface area contributed by atoms with Crippen LogP contribution in [0.15, 0.2) is 18.2 Å². The number of benzene rings is 1. The summed E-state index contributed by atoms with van der Waals surface area (Å²) in [7, 11) is 0. The number of carboxylic acid groups (broad SMARTS) is 1.